The van der Waals surface area contributed by atoms with Gasteiger partial charge in [0.25, 0.3) is 5.22 Å². The van der Waals surface area contributed by atoms with Crippen LogP contribution in [-0.2, 0) is 21.2 Å². The van der Waals surface area contributed by atoms with Crippen molar-refractivity contribution in [3.63, 3.8) is 0 Å². The summed E-state index contributed by atoms with van der Waals surface area (Å²) in [6, 6.07) is 21.6. The highest BCUT2D eigenvalue weighted by Crippen LogP contribution is 2.26. The van der Waals surface area contributed by atoms with Crippen LogP contribution in [0.4, 0.5) is 5.69 Å². The number of aromatic nitrogens is 1. The third-order valence-corrected chi connectivity index (χ3v) is 7.35. The molecule has 7 nitrogen and oxygen atoms in total. The van der Waals surface area contributed by atoms with Crippen molar-refractivity contribution >= 4 is 44.3 Å². The number of hydrogen-bond donors (Lipinski definition) is 1. The van der Waals surface area contributed by atoms with Crippen LogP contribution < -0.4 is 10.1 Å². The smallest absolute Gasteiger partial charge is 0.257 e. The number of ether oxygens (including phenoxy) is 1. The second kappa shape index (κ2) is 10.1. The quantitative estimate of drug-likeness (QED) is 0.338. The van der Waals surface area contributed by atoms with Gasteiger partial charge in [0.1, 0.15) is 17.9 Å². The van der Waals surface area contributed by atoms with Gasteiger partial charge < -0.3 is 14.5 Å². The number of thioether (sulfide) groups is 1. The molecule has 4 rings (SSSR count). The second-order valence-electron chi connectivity index (χ2n) is 7.15. The van der Waals surface area contributed by atoms with Gasteiger partial charge in [-0.15, -0.1) is 0 Å². The van der Waals surface area contributed by atoms with Crippen LogP contribution in [0.5, 0.6) is 5.75 Å². The fraction of sp³-hybridized carbons (Fsp3) is 0.167. The lowest BCUT2D eigenvalue weighted by Gasteiger charge is -2.08. The third-order valence-electron chi connectivity index (χ3n) is 4.79. The largest absolute Gasteiger partial charge is 0.489 e. The van der Waals surface area contributed by atoms with Crippen LogP contribution in [0.2, 0.25) is 0 Å². The molecule has 0 aliphatic rings. The Hall–Kier alpha value is -3.30. The fourth-order valence-electron chi connectivity index (χ4n) is 3.01. The van der Waals surface area contributed by atoms with Crippen LogP contribution in [0, 0.1) is 0 Å². The molecule has 1 N–H and O–H groups in total. The number of benzene rings is 3. The summed E-state index contributed by atoms with van der Waals surface area (Å²) in [5, 5.41) is 3.12. The Morgan fingerprint density at radius 1 is 1.06 bits per heavy atom. The molecular formula is C24H22N2O5S2. The Morgan fingerprint density at radius 3 is 2.55 bits per heavy atom. The van der Waals surface area contributed by atoms with E-state index < -0.39 is 9.84 Å². The summed E-state index contributed by atoms with van der Waals surface area (Å²) in [5.74, 6) is 0.605. The first-order chi connectivity index (χ1) is 15.9. The summed E-state index contributed by atoms with van der Waals surface area (Å²) in [7, 11) is -3.32. The summed E-state index contributed by atoms with van der Waals surface area (Å²) in [6.45, 7) is 2.06. The van der Waals surface area contributed by atoms with Crippen LogP contribution in [0.3, 0.4) is 0 Å². The Balaban J connectivity index is 1.30. The number of sulfone groups is 1. The van der Waals surface area contributed by atoms with Crippen molar-refractivity contribution in [3.8, 4) is 5.75 Å². The summed E-state index contributed by atoms with van der Waals surface area (Å²) in [4.78, 5) is 16.8. The van der Waals surface area contributed by atoms with Gasteiger partial charge in [0.15, 0.2) is 15.4 Å². The van der Waals surface area contributed by atoms with Crippen LogP contribution in [0.15, 0.2) is 87.3 Å². The highest BCUT2D eigenvalue weighted by Gasteiger charge is 2.15. The van der Waals surface area contributed by atoms with Gasteiger partial charge in [-0.3, -0.25) is 4.79 Å². The Morgan fingerprint density at radius 2 is 1.82 bits per heavy atom. The van der Waals surface area contributed by atoms with E-state index in [1.807, 2.05) is 30.3 Å². The van der Waals surface area contributed by atoms with Gasteiger partial charge in [0.05, 0.1) is 16.4 Å². The zero-order valence-corrected chi connectivity index (χ0v) is 19.5. The number of nitrogens with zero attached hydrogens (tertiary/aromatic N) is 1. The second-order valence-corrected chi connectivity index (χ2v) is 10.4. The maximum atomic E-state index is 12.3. The van der Waals surface area contributed by atoms with Crippen molar-refractivity contribution in [2.24, 2.45) is 0 Å². The molecule has 3 aromatic carbocycles. The molecule has 0 spiro atoms. The molecule has 9 heteroatoms. The topological polar surface area (TPSA) is 98.5 Å². The predicted molar refractivity (Wildman–Crippen MR) is 128 cm³/mol. The molecule has 0 saturated carbocycles. The van der Waals surface area contributed by atoms with Gasteiger partial charge in [-0.25, -0.2) is 13.4 Å². The molecule has 0 bridgehead atoms. The minimum absolute atomic E-state index is 0.0122. The van der Waals surface area contributed by atoms with Crippen LogP contribution in [-0.4, -0.2) is 30.8 Å². The monoisotopic (exact) mass is 482 g/mol. The summed E-state index contributed by atoms with van der Waals surface area (Å²) in [5.41, 5.74) is 2.64. The normalized spacial score (nSPS) is 11.4. The van der Waals surface area contributed by atoms with E-state index in [2.05, 4.69) is 10.3 Å². The lowest BCUT2D eigenvalue weighted by Crippen LogP contribution is -2.13. The molecule has 1 heterocycles. The lowest BCUT2D eigenvalue weighted by molar-refractivity contribution is -0.113. The van der Waals surface area contributed by atoms with Gasteiger partial charge in [-0.1, -0.05) is 49.0 Å². The van der Waals surface area contributed by atoms with E-state index in [4.69, 9.17) is 9.15 Å². The van der Waals surface area contributed by atoms with E-state index in [9.17, 15) is 13.2 Å². The van der Waals surface area contributed by atoms with E-state index in [-0.39, 0.29) is 22.3 Å². The average Bonchev–Trinajstić information content (AvgIpc) is 3.25. The molecule has 0 aliphatic heterocycles. The number of hydrogen-bond acceptors (Lipinski definition) is 7. The molecule has 1 aromatic heterocycles. The number of carbonyl (C=O) groups is 1. The molecule has 1 amide bonds. The molecule has 0 atom stereocenters. The van der Waals surface area contributed by atoms with Gasteiger partial charge in [-0.2, -0.15) is 0 Å². The van der Waals surface area contributed by atoms with Crippen LogP contribution in [0.1, 0.15) is 12.5 Å². The summed E-state index contributed by atoms with van der Waals surface area (Å²) in [6.07, 6.45) is 0. The van der Waals surface area contributed by atoms with Crippen LogP contribution in [0.25, 0.3) is 11.1 Å². The average molecular weight is 483 g/mol. The Bertz CT molecular complexity index is 1350. The zero-order chi connectivity index (χ0) is 23.3. The molecule has 33 heavy (non-hydrogen) atoms. The Kier molecular flexibility index (Phi) is 7.00. The molecule has 0 aliphatic carbocycles. The molecule has 0 unspecified atom stereocenters. The van der Waals surface area contributed by atoms with Gasteiger partial charge in [0.2, 0.25) is 5.91 Å². The van der Waals surface area contributed by atoms with Crippen LogP contribution >= 0.6 is 11.8 Å². The maximum Gasteiger partial charge on any atom is 0.257 e. The molecule has 0 saturated heterocycles. The molecule has 0 fully saturated rings. The summed E-state index contributed by atoms with van der Waals surface area (Å²) >= 11 is 1.14. The highest BCUT2D eigenvalue weighted by molar-refractivity contribution is 7.99. The van der Waals surface area contributed by atoms with Gasteiger partial charge >= 0.3 is 0 Å². The van der Waals surface area contributed by atoms with E-state index in [1.165, 1.54) is 12.1 Å². The first kappa shape index (κ1) is 22.9. The number of anilines is 1. The number of fused-ring (bicyclic) bond motifs is 1. The number of oxazole rings is 1. The molecule has 0 radical (unpaired) electrons. The standard InChI is InChI=1S/C24H22N2O5S2/c1-2-33(28,29)20-12-13-22-21(14-20)26-24(31-22)32-16-23(27)25-18-8-10-19(11-9-18)30-15-17-6-4-3-5-7-17/h3-14H,2,15-16H2,1H3,(H,25,27). The Labute approximate surface area is 196 Å². The predicted octanol–water partition coefficient (Wildman–Crippen LogP) is 4.93. The maximum absolute atomic E-state index is 12.3. The van der Waals surface area contributed by atoms with E-state index >= 15 is 0 Å². The third kappa shape index (κ3) is 5.94. The van der Waals surface area contributed by atoms with E-state index in [1.54, 1.807) is 37.3 Å². The van der Waals surface area contributed by atoms with Gasteiger partial charge in [-0.05, 0) is 48.0 Å². The minimum Gasteiger partial charge on any atom is -0.489 e. The van der Waals surface area contributed by atoms with Crippen molar-refractivity contribution < 1.29 is 22.4 Å². The van der Waals surface area contributed by atoms with Gasteiger partial charge in [0, 0.05) is 5.69 Å². The first-order valence-electron chi connectivity index (χ1n) is 10.3. The van der Waals surface area contributed by atoms with Crippen molar-refractivity contribution in [2.75, 3.05) is 16.8 Å². The summed E-state index contributed by atoms with van der Waals surface area (Å²) < 4.78 is 35.4. The van der Waals surface area contributed by atoms with Crippen molar-refractivity contribution in [2.45, 2.75) is 23.6 Å². The SMILES string of the molecule is CCS(=O)(=O)c1ccc2oc(SCC(=O)Nc3ccc(OCc4ccccc4)cc3)nc2c1. The molecule has 170 valence electrons. The fourth-order valence-corrected chi connectivity index (χ4v) is 4.55. The zero-order valence-electron chi connectivity index (χ0n) is 17.9. The van der Waals surface area contributed by atoms with E-state index in [0.29, 0.717) is 34.4 Å². The highest BCUT2D eigenvalue weighted by atomic mass is 32.2. The van der Waals surface area contributed by atoms with Crippen molar-refractivity contribution in [1.29, 1.82) is 0 Å². The lowest BCUT2D eigenvalue weighted by atomic mass is 10.2. The molecular weight excluding hydrogens is 460 g/mol. The minimum atomic E-state index is -3.32. The van der Waals surface area contributed by atoms with Crippen molar-refractivity contribution in [1.82, 2.24) is 4.98 Å². The number of rotatable bonds is 9. The first-order valence-corrected chi connectivity index (χ1v) is 12.9. The van der Waals surface area contributed by atoms with Crippen molar-refractivity contribution in [3.05, 3.63) is 78.4 Å². The number of nitrogens with one attached hydrogen (secondary N) is 1. The number of amides is 1. The molecule has 4 aromatic rings. The number of carbonyl (C=O) groups excluding carboxylic acids is 1. The van der Waals surface area contributed by atoms with E-state index in [0.717, 1.165) is 17.3 Å².